The zero-order valence-corrected chi connectivity index (χ0v) is 24.9. The maximum atomic E-state index is 12.7. The average Bonchev–Trinajstić information content (AvgIpc) is 2.94. The summed E-state index contributed by atoms with van der Waals surface area (Å²) in [5, 5.41) is 0. The van der Waals surface area contributed by atoms with Crippen LogP contribution in [0.4, 0.5) is 0 Å². The van der Waals surface area contributed by atoms with Gasteiger partial charge in [-0.1, -0.05) is 64.8 Å². The number of benzene rings is 2. The Morgan fingerprint density at radius 1 is 0.707 bits per heavy atom. The lowest BCUT2D eigenvalue weighted by molar-refractivity contribution is -0.155. The van der Waals surface area contributed by atoms with Gasteiger partial charge in [-0.15, -0.1) is 0 Å². The standard InChI is InChI=1S/C32H43NO8/c1-7-12-20(3)29(34)40-27-17-16-24(19-28(27)41-30(35)21(4)13-8-2)18-26(33)32(37)39-23(6)22(5)38-31(36)25-14-10-9-11-15-25/h9-11,14-17,19-23,26H,7-8,12-13,18,33H2,1-6H3/t20?,21?,22-,23-,26-/m0/s1. The van der Waals surface area contributed by atoms with Gasteiger partial charge in [-0.3, -0.25) is 14.4 Å². The molecule has 41 heavy (non-hydrogen) atoms. The van der Waals surface area contributed by atoms with Crippen LogP contribution in [0.3, 0.4) is 0 Å². The zero-order valence-electron chi connectivity index (χ0n) is 24.9. The highest BCUT2D eigenvalue weighted by Gasteiger charge is 2.26. The second-order valence-corrected chi connectivity index (χ2v) is 10.4. The van der Waals surface area contributed by atoms with E-state index in [9.17, 15) is 19.2 Å². The molecular formula is C32H43NO8. The molecule has 0 aliphatic rings. The molecule has 0 bridgehead atoms. The second kappa shape index (κ2) is 16.5. The Kier molecular flexibility index (Phi) is 13.5. The first-order valence-corrected chi connectivity index (χ1v) is 14.2. The zero-order chi connectivity index (χ0) is 30.5. The monoisotopic (exact) mass is 569 g/mol. The van der Waals surface area contributed by atoms with Crippen LogP contribution in [0, 0.1) is 11.8 Å². The van der Waals surface area contributed by atoms with Crippen molar-refractivity contribution in [2.75, 3.05) is 0 Å². The molecule has 9 nitrogen and oxygen atoms in total. The van der Waals surface area contributed by atoms with Crippen LogP contribution in [0.1, 0.15) is 83.1 Å². The van der Waals surface area contributed by atoms with Crippen LogP contribution in [-0.2, 0) is 30.3 Å². The Morgan fingerprint density at radius 2 is 1.24 bits per heavy atom. The van der Waals surface area contributed by atoms with E-state index in [0.29, 0.717) is 24.0 Å². The van der Waals surface area contributed by atoms with Crippen LogP contribution in [-0.4, -0.2) is 42.1 Å². The van der Waals surface area contributed by atoms with Crippen LogP contribution >= 0.6 is 0 Å². The van der Waals surface area contributed by atoms with Gasteiger partial charge in [0.2, 0.25) is 0 Å². The van der Waals surface area contributed by atoms with Crippen LogP contribution < -0.4 is 15.2 Å². The molecule has 2 unspecified atom stereocenters. The second-order valence-electron chi connectivity index (χ2n) is 10.4. The van der Waals surface area contributed by atoms with Crippen LogP contribution in [0.5, 0.6) is 11.5 Å². The highest BCUT2D eigenvalue weighted by molar-refractivity contribution is 5.89. The lowest BCUT2D eigenvalue weighted by Crippen LogP contribution is -2.39. The van der Waals surface area contributed by atoms with Gasteiger partial charge in [0.25, 0.3) is 0 Å². The molecule has 0 amide bonds. The summed E-state index contributed by atoms with van der Waals surface area (Å²) < 4.78 is 22.1. The molecule has 2 N–H and O–H groups in total. The Labute approximate surface area is 242 Å². The van der Waals surface area contributed by atoms with Gasteiger partial charge in [-0.2, -0.15) is 0 Å². The van der Waals surface area contributed by atoms with E-state index in [0.717, 1.165) is 12.8 Å². The van der Waals surface area contributed by atoms with E-state index in [2.05, 4.69) is 0 Å². The predicted octanol–water partition coefficient (Wildman–Crippen LogP) is 5.42. The summed E-state index contributed by atoms with van der Waals surface area (Å²) in [7, 11) is 0. The smallest absolute Gasteiger partial charge is 0.338 e. The van der Waals surface area contributed by atoms with Gasteiger partial charge in [0.15, 0.2) is 11.5 Å². The summed E-state index contributed by atoms with van der Waals surface area (Å²) in [4.78, 5) is 50.3. The van der Waals surface area contributed by atoms with Crippen molar-refractivity contribution in [3.05, 3.63) is 59.7 Å². The van der Waals surface area contributed by atoms with Gasteiger partial charge in [-0.25, -0.2) is 4.79 Å². The van der Waals surface area contributed by atoms with Crippen molar-refractivity contribution < 1.29 is 38.1 Å². The Hall–Kier alpha value is -3.72. The molecule has 0 heterocycles. The fraction of sp³-hybridized carbons (Fsp3) is 0.500. The molecule has 2 rings (SSSR count). The molecule has 0 aliphatic heterocycles. The summed E-state index contributed by atoms with van der Waals surface area (Å²) in [6.45, 7) is 10.8. The summed E-state index contributed by atoms with van der Waals surface area (Å²) in [5.74, 6) is -2.52. The molecule has 0 fully saturated rings. The fourth-order valence-electron chi connectivity index (χ4n) is 3.97. The molecule has 0 saturated carbocycles. The third kappa shape index (κ3) is 10.6. The molecule has 0 aromatic heterocycles. The number of ether oxygens (including phenoxy) is 4. The number of hydrogen-bond acceptors (Lipinski definition) is 9. The Morgan fingerprint density at radius 3 is 1.80 bits per heavy atom. The minimum atomic E-state index is -1.05. The first-order chi connectivity index (χ1) is 19.5. The summed E-state index contributed by atoms with van der Waals surface area (Å²) >= 11 is 0. The average molecular weight is 570 g/mol. The predicted molar refractivity (Wildman–Crippen MR) is 154 cm³/mol. The van der Waals surface area contributed by atoms with E-state index < -0.39 is 42.1 Å². The number of carbonyl (C=O) groups is 4. The fourth-order valence-corrected chi connectivity index (χ4v) is 3.97. The number of esters is 4. The van der Waals surface area contributed by atoms with Crippen molar-refractivity contribution in [2.45, 2.75) is 91.9 Å². The normalized spacial score (nSPS) is 14.6. The lowest BCUT2D eigenvalue weighted by Gasteiger charge is -2.22. The Balaban J connectivity index is 2.10. The third-order valence-corrected chi connectivity index (χ3v) is 6.70. The van der Waals surface area contributed by atoms with Gasteiger partial charge < -0.3 is 24.7 Å². The van der Waals surface area contributed by atoms with Gasteiger partial charge in [-0.05, 0) is 62.9 Å². The van der Waals surface area contributed by atoms with Gasteiger partial charge >= 0.3 is 23.9 Å². The highest BCUT2D eigenvalue weighted by Crippen LogP contribution is 2.31. The molecular weight excluding hydrogens is 526 g/mol. The topological polar surface area (TPSA) is 131 Å². The van der Waals surface area contributed by atoms with E-state index in [1.54, 1.807) is 70.2 Å². The molecule has 2 aromatic rings. The minimum absolute atomic E-state index is 0.0687. The van der Waals surface area contributed by atoms with E-state index in [-0.39, 0.29) is 29.8 Å². The van der Waals surface area contributed by atoms with Crippen molar-refractivity contribution in [2.24, 2.45) is 17.6 Å². The summed E-state index contributed by atoms with van der Waals surface area (Å²) in [5.41, 5.74) is 7.12. The van der Waals surface area contributed by atoms with Crippen LogP contribution in [0.25, 0.3) is 0 Å². The van der Waals surface area contributed by atoms with Gasteiger partial charge in [0.05, 0.1) is 17.4 Å². The molecule has 0 aliphatic carbocycles. The van der Waals surface area contributed by atoms with Crippen molar-refractivity contribution in [3.8, 4) is 11.5 Å². The van der Waals surface area contributed by atoms with Gasteiger partial charge in [0, 0.05) is 0 Å². The highest BCUT2D eigenvalue weighted by atomic mass is 16.6. The van der Waals surface area contributed by atoms with Crippen molar-refractivity contribution in [1.29, 1.82) is 0 Å². The van der Waals surface area contributed by atoms with E-state index in [1.807, 2.05) is 13.8 Å². The SMILES string of the molecule is CCCC(C)C(=O)Oc1ccc(C[C@H](N)C(=O)O[C@@H](C)[C@H](C)OC(=O)c2ccccc2)cc1OC(=O)C(C)CCC. The quantitative estimate of drug-likeness (QED) is 0.221. The number of rotatable bonds is 15. The van der Waals surface area contributed by atoms with Crippen molar-refractivity contribution >= 4 is 23.9 Å². The molecule has 0 spiro atoms. The maximum absolute atomic E-state index is 12.7. The lowest BCUT2D eigenvalue weighted by atomic mass is 10.0. The van der Waals surface area contributed by atoms with Crippen molar-refractivity contribution in [3.63, 3.8) is 0 Å². The van der Waals surface area contributed by atoms with E-state index in [1.165, 1.54) is 6.07 Å². The summed E-state index contributed by atoms with van der Waals surface area (Å²) in [6, 6.07) is 12.2. The van der Waals surface area contributed by atoms with E-state index in [4.69, 9.17) is 24.7 Å². The number of nitrogens with two attached hydrogens (primary N) is 1. The first-order valence-electron chi connectivity index (χ1n) is 14.2. The molecule has 224 valence electrons. The maximum Gasteiger partial charge on any atom is 0.338 e. The molecule has 5 atom stereocenters. The first kappa shape index (κ1) is 33.5. The summed E-state index contributed by atoms with van der Waals surface area (Å²) in [6.07, 6.45) is 1.56. The van der Waals surface area contributed by atoms with E-state index >= 15 is 0 Å². The molecule has 9 heteroatoms. The Bertz CT molecular complexity index is 1170. The van der Waals surface area contributed by atoms with Crippen molar-refractivity contribution in [1.82, 2.24) is 0 Å². The number of carbonyl (C=O) groups excluding carboxylic acids is 4. The van der Waals surface area contributed by atoms with Crippen LogP contribution in [0.15, 0.2) is 48.5 Å². The third-order valence-electron chi connectivity index (χ3n) is 6.70. The molecule has 0 radical (unpaired) electrons. The number of hydrogen-bond donors (Lipinski definition) is 1. The van der Waals surface area contributed by atoms with Crippen LogP contribution in [0.2, 0.25) is 0 Å². The molecule has 2 aromatic carbocycles. The molecule has 0 saturated heterocycles. The minimum Gasteiger partial charge on any atom is -0.458 e. The largest absolute Gasteiger partial charge is 0.458 e. The van der Waals surface area contributed by atoms with Gasteiger partial charge in [0.1, 0.15) is 18.2 Å².